The first-order valence-electron chi connectivity index (χ1n) is 12.5. The van der Waals surface area contributed by atoms with Crippen LogP contribution in [0.5, 0.6) is 0 Å². The summed E-state index contributed by atoms with van der Waals surface area (Å²) >= 11 is 0. The molecular weight excluding hydrogens is 454 g/mol. The van der Waals surface area contributed by atoms with E-state index in [1.807, 2.05) is 56.8 Å². The smallest absolute Gasteiger partial charge is 0.408 e. The summed E-state index contributed by atoms with van der Waals surface area (Å²) in [7, 11) is 1.97. The second kappa shape index (κ2) is 10.7. The van der Waals surface area contributed by atoms with E-state index >= 15 is 0 Å². The summed E-state index contributed by atoms with van der Waals surface area (Å²) in [6, 6.07) is 13.9. The van der Waals surface area contributed by atoms with E-state index in [1.165, 1.54) is 5.69 Å². The van der Waals surface area contributed by atoms with E-state index in [2.05, 4.69) is 53.3 Å². The molecule has 1 aliphatic rings. The summed E-state index contributed by atoms with van der Waals surface area (Å²) in [6.07, 6.45) is 4.04. The monoisotopic (exact) mass is 491 g/mol. The number of morpholine rings is 1. The SMILES string of the molecule is C[C@@H]1CN(c2ccc(-c3cnc([C@H](Cc4ccccn4)NC(=O)OC(C)(C)C)n3C)cc2)C[C@H](C)O1. The van der Waals surface area contributed by atoms with Crippen LogP contribution in [-0.2, 0) is 22.9 Å². The van der Waals surface area contributed by atoms with Crippen molar-refractivity contribution in [2.24, 2.45) is 7.05 Å². The summed E-state index contributed by atoms with van der Waals surface area (Å²) in [4.78, 5) is 24.2. The zero-order valence-electron chi connectivity index (χ0n) is 22.1. The number of benzene rings is 1. The minimum absolute atomic E-state index is 0.210. The van der Waals surface area contributed by atoms with Crippen molar-refractivity contribution in [1.29, 1.82) is 0 Å². The number of carbonyl (C=O) groups excluding carboxylic acids is 1. The normalized spacial score (nSPS) is 19.1. The van der Waals surface area contributed by atoms with E-state index < -0.39 is 17.7 Å². The van der Waals surface area contributed by atoms with E-state index in [9.17, 15) is 4.79 Å². The molecule has 1 amide bonds. The molecule has 192 valence electrons. The van der Waals surface area contributed by atoms with Gasteiger partial charge >= 0.3 is 6.09 Å². The van der Waals surface area contributed by atoms with Crippen LogP contribution in [0.1, 0.15) is 52.2 Å². The first-order valence-corrected chi connectivity index (χ1v) is 12.5. The molecule has 2 aromatic heterocycles. The molecule has 8 nitrogen and oxygen atoms in total. The van der Waals surface area contributed by atoms with Crippen LogP contribution >= 0.6 is 0 Å². The molecule has 0 radical (unpaired) electrons. The lowest BCUT2D eigenvalue weighted by Gasteiger charge is -2.36. The maximum Gasteiger partial charge on any atom is 0.408 e. The highest BCUT2D eigenvalue weighted by molar-refractivity contribution is 5.68. The molecule has 0 saturated carbocycles. The Kier molecular flexibility index (Phi) is 7.64. The number of nitrogens with zero attached hydrogens (tertiary/aromatic N) is 4. The number of hydrogen-bond donors (Lipinski definition) is 1. The van der Waals surface area contributed by atoms with Gasteiger partial charge in [0.25, 0.3) is 0 Å². The van der Waals surface area contributed by atoms with Gasteiger partial charge in [0.2, 0.25) is 0 Å². The molecular formula is C28H37N5O3. The van der Waals surface area contributed by atoms with Crippen molar-refractivity contribution in [1.82, 2.24) is 19.9 Å². The summed E-state index contributed by atoms with van der Waals surface area (Å²) in [5.41, 5.74) is 3.48. The number of anilines is 1. The van der Waals surface area contributed by atoms with Gasteiger partial charge in [-0.2, -0.15) is 0 Å². The minimum atomic E-state index is -0.593. The number of amides is 1. The summed E-state index contributed by atoms with van der Waals surface area (Å²) < 4.78 is 13.4. The van der Waals surface area contributed by atoms with Crippen LogP contribution in [0.15, 0.2) is 54.9 Å². The number of alkyl carbamates (subject to hydrolysis) is 1. The highest BCUT2D eigenvalue weighted by atomic mass is 16.6. The van der Waals surface area contributed by atoms with Gasteiger partial charge in [-0.1, -0.05) is 18.2 Å². The Morgan fingerprint density at radius 2 is 1.81 bits per heavy atom. The van der Waals surface area contributed by atoms with Crippen LogP contribution in [0.4, 0.5) is 10.5 Å². The molecule has 0 aliphatic carbocycles. The van der Waals surface area contributed by atoms with Crippen molar-refractivity contribution in [3.63, 3.8) is 0 Å². The number of rotatable bonds is 6. The molecule has 1 N–H and O–H groups in total. The fraction of sp³-hybridized carbons (Fsp3) is 0.464. The third kappa shape index (κ3) is 6.43. The number of nitrogens with one attached hydrogen (secondary N) is 1. The molecule has 4 rings (SSSR count). The summed E-state index contributed by atoms with van der Waals surface area (Å²) in [5.74, 6) is 0.737. The van der Waals surface area contributed by atoms with Crippen molar-refractivity contribution < 1.29 is 14.3 Å². The second-order valence-corrected chi connectivity index (χ2v) is 10.5. The predicted octanol–water partition coefficient (Wildman–Crippen LogP) is 4.90. The Hall–Kier alpha value is -3.39. The number of carbonyl (C=O) groups is 1. The Balaban J connectivity index is 1.57. The maximum atomic E-state index is 12.7. The molecule has 1 aliphatic heterocycles. The van der Waals surface area contributed by atoms with Gasteiger partial charge in [-0.3, -0.25) is 4.98 Å². The van der Waals surface area contributed by atoms with E-state index in [0.29, 0.717) is 6.42 Å². The van der Waals surface area contributed by atoms with Crippen molar-refractivity contribution >= 4 is 11.8 Å². The van der Waals surface area contributed by atoms with Crippen molar-refractivity contribution in [2.45, 2.75) is 64.9 Å². The van der Waals surface area contributed by atoms with Crippen LogP contribution in [-0.4, -0.2) is 51.5 Å². The van der Waals surface area contributed by atoms with Crippen molar-refractivity contribution in [3.8, 4) is 11.3 Å². The van der Waals surface area contributed by atoms with Crippen molar-refractivity contribution in [3.05, 3.63) is 66.4 Å². The van der Waals surface area contributed by atoms with Gasteiger partial charge in [0, 0.05) is 44.1 Å². The molecule has 3 heterocycles. The van der Waals surface area contributed by atoms with Gasteiger partial charge < -0.3 is 24.3 Å². The van der Waals surface area contributed by atoms with E-state index in [1.54, 1.807) is 6.20 Å². The topological polar surface area (TPSA) is 81.5 Å². The summed E-state index contributed by atoms with van der Waals surface area (Å²) in [5, 5.41) is 3.00. The highest BCUT2D eigenvalue weighted by Gasteiger charge is 2.26. The van der Waals surface area contributed by atoms with Crippen LogP contribution in [0, 0.1) is 0 Å². The summed E-state index contributed by atoms with van der Waals surface area (Å²) in [6.45, 7) is 11.5. The lowest BCUT2D eigenvalue weighted by atomic mass is 10.1. The quantitative estimate of drug-likeness (QED) is 0.528. The highest BCUT2D eigenvalue weighted by Crippen LogP contribution is 2.28. The molecule has 8 heteroatoms. The number of imidazole rings is 1. The first-order chi connectivity index (χ1) is 17.1. The number of aromatic nitrogens is 3. The Morgan fingerprint density at radius 3 is 2.42 bits per heavy atom. The van der Waals surface area contributed by atoms with Gasteiger partial charge in [0.15, 0.2) is 0 Å². The zero-order chi connectivity index (χ0) is 25.9. The molecule has 0 bridgehead atoms. The molecule has 36 heavy (non-hydrogen) atoms. The lowest BCUT2D eigenvalue weighted by Crippen LogP contribution is -2.45. The molecule has 3 aromatic rings. The predicted molar refractivity (Wildman–Crippen MR) is 141 cm³/mol. The van der Waals surface area contributed by atoms with Gasteiger partial charge in [-0.05, 0) is 64.4 Å². The third-order valence-electron chi connectivity index (χ3n) is 6.11. The molecule has 1 aromatic carbocycles. The molecule has 0 spiro atoms. The van der Waals surface area contributed by atoms with Crippen LogP contribution in [0.25, 0.3) is 11.3 Å². The Labute approximate surface area is 213 Å². The largest absolute Gasteiger partial charge is 0.444 e. The third-order valence-corrected chi connectivity index (χ3v) is 6.11. The first kappa shape index (κ1) is 25.7. The molecule has 0 unspecified atom stereocenters. The Bertz CT molecular complexity index is 1140. The van der Waals surface area contributed by atoms with E-state index in [-0.39, 0.29) is 12.2 Å². The Morgan fingerprint density at radius 1 is 1.11 bits per heavy atom. The fourth-order valence-electron chi connectivity index (χ4n) is 4.63. The maximum absolute atomic E-state index is 12.7. The van der Waals surface area contributed by atoms with Gasteiger partial charge in [0.05, 0.1) is 30.1 Å². The van der Waals surface area contributed by atoms with Crippen LogP contribution in [0.2, 0.25) is 0 Å². The molecule has 1 fully saturated rings. The van der Waals surface area contributed by atoms with Gasteiger partial charge in [-0.25, -0.2) is 9.78 Å². The minimum Gasteiger partial charge on any atom is -0.444 e. The van der Waals surface area contributed by atoms with Gasteiger partial charge in [-0.15, -0.1) is 0 Å². The van der Waals surface area contributed by atoms with Crippen LogP contribution < -0.4 is 10.2 Å². The molecule has 3 atom stereocenters. The average Bonchev–Trinajstić information content (AvgIpc) is 3.19. The van der Waals surface area contributed by atoms with Gasteiger partial charge in [0.1, 0.15) is 11.4 Å². The van der Waals surface area contributed by atoms with Crippen LogP contribution in [0.3, 0.4) is 0 Å². The molecule has 1 saturated heterocycles. The number of hydrogen-bond acceptors (Lipinski definition) is 6. The van der Waals surface area contributed by atoms with E-state index in [4.69, 9.17) is 14.5 Å². The zero-order valence-corrected chi connectivity index (χ0v) is 22.1. The number of pyridine rings is 1. The second-order valence-electron chi connectivity index (χ2n) is 10.5. The lowest BCUT2D eigenvalue weighted by molar-refractivity contribution is -0.00522. The number of ether oxygens (including phenoxy) is 2. The van der Waals surface area contributed by atoms with Crippen molar-refractivity contribution in [2.75, 3.05) is 18.0 Å². The average molecular weight is 492 g/mol. The standard InChI is InChI=1S/C28H37N5O3/c1-19-17-33(18-20(2)35-19)23-12-10-21(11-13-23)25-16-30-26(32(25)6)24(15-22-9-7-8-14-29-22)31-27(34)36-28(3,4)5/h7-14,16,19-20,24H,15,17-18H2,1-6H3,(H,31,34)/t19-,20+,24-/m0/s1. The fourth-order valence-corrected chi connectivity index (χ4v) is 4.63. The van der Waals surface area contributed by atoms with E-state index in [0.717, 1.165) is 35.9 Å².